The van der Waals surface area contributed by atoms with Crippen LogP contribution in [0.25, 0.3) is 10.8 Å². The van der Waals surface area contributed by atoms with Crippen LogP contribution in [0.1, 0.15) is 75.7 Å². The van der Waals surface area contributed by atoms with Gasteiger partial charge in [-0.25, -0.2) is 10.1 Å². The third kappa shape index (κ3) is 5.00. The molecule has 1 aromatic carbocycles. The highest BCUT2D eigenvalue weighted by molar-refractivity contribution is 6.06. The number of aryl methyl sites for hydroxylation is 1. The van der Waals surface area contributed by atoms with Crippen molar-refractivity contribution in [3.8, 4) is 0 Å². The van der Waals surface area contributed by atoms with Crippen LogP contribution in [0.4, 0.5) is 0 Å². The first-order valence-electron chi connectivity index (χ1n) is 10.7. The third-order valence-electron chi connectivity index (χ3n) is 5.29. The van der Waals surface area contributed by atoms with Crippen molar-refractivity contribution in [2.75, 3.05) is 0 Å². The summed E-state index contributed by atoms with van der Waals surface area (Å²) in [6.07, 6.45) is 10.4. The number of amides is 1. The first kappa shape index (κ1) is 21.0. The van der Waals surface area contributed by atoms with Gasteiger partial charge in [-0.05, 0) is 43.7 Å². The SMILES string of the molecule is CCCCCC1=CCC/C1=N/NC(=O)c1nn(CCCC)c(=O)c2ccccc12. The first-order chi connectivity index (χ1) is 14.2. The Morgan fingerprint density at radius 2 is 1.90 bits per heavy atom. The molecule has 1 aliphatic rings. The van der Waals surface area contributed by atoms with Crippen LogP contribution >= 0.6 is 0 Å². The number of allylic oxidation sites excluding steroid dienone is 2. The number of unbranched alkanes of at least 4 members (excludes halogenated alkanes) is 3. The lowest BCUT2D eigenvalue weighted by Gasteiger charge is -2.10. The van der Waals surface area contributed by atoms with E-state index in [9.17, 15) is 9.59 Å². The van der Waals surface area contributed by atoms with E-state index in [1.54, 1.807) is 12.1 Å². The van der Waals surface area contributed by atoms with Crippen LogP contribution in [0.15, 0.2) is 45.8 Å². The predicted octanol–water partition coefficient (Wildman–Crippen LogP) is 4.58. The minimum Gasteiger partial charge on any atom is -0.267 e. The third-order valence-corrected chi connectivity index (χ3v) is 5.29. The molecule has 1 amide bonds. The summed E-state index contributed by atoms with van der Waals surface area (Å²) in [6.45, 7) is 4.75. The Bertz CT molecular complexity index is 988. The number of rotatable bonds is 9. The van der Waals surface area contributed by atoms with Gasteiger partial charge in [-0.15, -0.1) is 0 Å². The Balaban J connectivity index is 1.84. The molecule has 0 unspecified atom stereocenters. The number of carbonyl (C=O) groups excluding carboxylic acids is 1. The van der Waals surface area contributed by atoms with Crippen molar-refractivity contribution in [1.82, 2.24) is 15.2 Å². The van der Waals surface area contributed by atoms with Crippen LogP contribution < -0.4 is 11.0 Å². The smallest absolute Gasteiger partial charge is 0.267 e. The first-order valence-corrected chi connectivity index (χ1v) is 10.7. The van der Waals surface area contributed by atoms with E-state index in [0.29, 0.717) is 17.3 Å². The molecule has 0 bridgehead atoms. The summed E-state index contributed by atoms with van der Waals surface area (Å²) in [5, 5.41) is 9.85. The molecule has 1 N–H and O–H groups in total. The zero-order valence-corrected chi connectivity index (χ0v) is 17.4. The van der Waals surface area contributed by atoms with Gasteiger partial charge in [-0.1, -0.05) is 57.4 Å². The summed E-state index contributed by atoms with van der Waals surface area (Å²) in [4.78, 5) is 25.6. The van der Waals surface area contributed by atoms with Crippen molar-refractivity contribution >= 4 is 22.4 Å². The number of hydrogen-bond acceptors (Lipinski definition) is 4. The van der Waals surface area contributed by atoms with Crippen molar-refractivity contribution in [3.63, 3.8) is 0 Å². The molecule has 6 nitrogen and oxygen atoms in total. The molecule has 6 heteroatoms. The monoisotopic (exact) mass is 394 g/mol. The van der Waals surface area contributed by atoms with Gasteiger partial charge in [0.05, 0.1) is 11.1 Å². The summed E-state index contributed by atoms with van der Waals surface area (Å²) in [7, 11) is 0. The van der Waals surface area contributed by atoms with E-state index >= 15 is 0 Å². The van der Waals surface area contributed by atoms with E-state index in [1.165, 1.54) is 23.1 Å². The highest BCUT2D eigenvalue weighted by Gasteiger charge is 2.18. The lowest BCUT2D eigenvalue weighted by atomic mass is 10.1. The van der Waals surface area contributed by atoms with Gasteiger partial charge in [0.1, 0.15) is 0 Å². The van der Waals surface area contributed by atoms with E-state index < -0.39 is 0 Å². The Hall–Kier alpha value is -2.76. The number of nitrogens with one attached hydrogen (secondary N) is 1. The number of benzene rings is 1. The molecular weight excluding hydrogens is 364 g/mol. The summed E-state index contributed by atoms with van der Waals surface area (Å²) >= 11 is 0. The highest BCUT2D eigenvalue weighted by atomic mass is 16.2. The van der Waals surface area contributed by atoms with Crippen LogP contribution in [0, 0.1) is 0 Å². The lowest BCUT2D eigenvalue weighted by molar-refractivity contribution is 0.0949. The van der Waals surface area contributed by atoms with Crippen molar-refractivity contribution in [2.45, 2.75) is 71.8 Å². The molecule has 29 heavy (non-hydrogen) atoms. The van der Waals surface area contributed by atoms with Crippen LogP contribution in [-0.2, 0) is 6.54 Å². The molecule has 1 heterocycles. The number of aromatic nitrogens is 2. The van der Waals surface area contributed by atoms with Crippen molar-refractivity contribution < 1.29 is 4.79 Å². The fraction of sp³-hybridized carbons (Fsp3) is 0.478. The van der Waals surface area contributed by atoms with Gasteiger partial charge in [0.2, 0.25) is 0 Å². The maximum Gasteiger partial charge on any atom is 0.292 e. The fourth-order valence-electron chi connectivity index (χ4n) is 3.63. The number of nitrogens with zero attached hydrogens (tertiary/aromatic N) is 3. The number of fused-ring (bicyclic) bond motifs is 1. The van der Waals surface area contributed by atoms with Gasteiger partial charge in [0.25, 0.3) is 11.5 Å². The zero-order valence-electron chi connectivity index (χ0n) is 17.4. The van der Waals surface area contributed by atoms with E-state index in [2.05, 4.69) is 35.5 Å². The molecule has 0 spiro atoms. The second-order valence-electron chi connectivity index (χ2n) is 7.50. The highest BCUT2D eigenvalue weighted by Crippen LogP contribution is 2.21. The van der Waals surface area contributed by atoms with Gasteiger partial charge in [-0.2, -0.15) is 10.2 Å². The van der Waals surface area contributed by atoms with E-state index in [0.717, 1.165) is 44.2 Å². The van der Waals surface area contributed by atoms with E-state index in [-0.39, 0.29) is 17.2 Å². The number of hydrazone groups is 1. The molecule has 0 saturated carbocycles. The standard InChI is InChI=1S/C23H30N4O2/c1-3-5-7-11-17-12-10-15-20(17)24-25-22(28)21-18-13-8-9-14-19(18)23(29)27(26-21)16-6-4-2/h8-9,12-14H,3-7,10-11,15-16H2,1-2H3,(H,25,28)/b24-20-. The maximum absolute atomic E-state index is 12.9. The number of hydrogen-bond donors (Lipinski definition) is 1. The lowest BCUT2D eigenvalue weighted by Crippen LogP contribution is -2.29. The van der Waals surface area contributed by atoms with E-state index in [4.69, 9.17) is 0 Å². The molecule has 1 aromatic heterocycles. The molecule has 154 valence electrons. The fourth-order valence-corrected chi connectivity index (χ4v) is 3.63. The van der Waals surface area contributed by atoms with Gasteiger partial charge < -0.3 is 0 Å². The summed E-state index contributed by atoms with van der Waals surface area (Å²) < 4.78 is 1.40. The average molecular weight is 395 g/mol. The van der Waals surface area contributed by atoms with Crippen LogP contribution in [0.3, 0.4) is 0 Å². The van der Waals surface area contributed by atoms with Gasteiger partial charge in [0.15, 0.2) is 5.69 Å². The topological polar surface area (TPSA) is 76.3 Å². The molecule has 0 radical (unpaired) electrons. The summed E-state index contributed by atoms with van der Waals surface area (Å²) in [5.74, 6) is -0.376. The summed E-state index contributed by atoms with van der Waals surface area (Å²) in [5.41, 5.74) is 4.97. The second-order valence-corrected chi connectivity index (χ2v) is 7.50. The maximum atomic E-state index is 12.9. The average Bonchev–Trinajstić information content (AvgIpc) is 3.19. The minimum atomic E-state index is -0.376. The Morgan fingerprint density at radius 3 is 2.66 bits per heavy atom. The molecule has 2 aromatic rings. The van der Waals surface area contributed by atoms with Gasteiger partial charge in [-0.3, -0.25) is 9.59 Å². The molecule has 0 aliphatic heterocycles. The minimum absolute atomic E-state index is 0.158. The van der Waals surface area contributed by atoms with Gasteiger partial charge >= 0.3 is 0 Å². The molecule has 0 fully saturated rings. The van der Waals surface area contributed by atoms with Crippen molar-refractivity contribution in [2.24, 2.45) is 5.10 Å². The second kappa shape index (κ2) is 10.1. The predicted molar refractivity (Wildman–Crippen MR) is 117 cm³/mol. The Kier molecular flexibility index (Phi) is 7.33. The number of carbonyl (C=O) groups is 1. The molecule has 0 atom stereocenters. The summed E-state index contributed by atoms with van der Waals surface area (Å²) in [6, 6.07) is 7.13. The molecule has 1 aliphatic carbocycles. The van der Waals surface area contributed by atoms with Crippen LogP contribution in [0.2, 0.25) is 0 Å². The van der Waals surface area contributed by atoms with Crippen LogP contribution in [-0.4, -0.2) is 21.4 Å². The van der Waals surface area contributed by atoms with Gasteiger partial charge in [0, 0.05) is 11.9 Å². The largest absolute Gasteiger partial charge is 0.292 e. The van der Waals surface area contributed by atoms with Crippen molar-refractivity contribution in [3.05, 3.63) is 52.0 Å². The quantitative estimate of drug-likeness (QED) is 0.499. The normalized spacial score (nSPS) is 15.1. The van der Waals surface area contributed by atoms with E-state index in [1.807, 2.05) is 12.1 Å². The van der Waals surface area contributed by atoms with Crippen molar-refractivity contribution in [1.29, 1.82) is 0 Å². The molecule has 0 saturated heterocycles. The zero-order chi connectivity index (χ0) is 20.6. The Labute approximate surface area is 171 Å². The Morgan fingerprint density at radius 1 is 1.14 bits per heavy atom. The molecule has 3 rings (SSSR count). The van der Waals surface area contributed by atoms with Crippen LogP contribution in [0.5, 0.6) is 0 Å². The molecular formula is C23H30N4O2.